The third kappa shape index (κ3) is 5.09. The van der Waals surface area contributed by atoms with Crippen molar-refractivity contribution in [1.82, 2.24) is 14.9 Å². The van der Waals surface area contributed by atoms with Gasteiger partial charge in [0.15, 0.2) is 0 Å². The number of aromatic amines is 1. The monoisotopic (exact) mass is 283 g/mol. The summed E-state index contributed by atoms with van der Waals surface area (Å²) in [5, 5.41) is 11.3. The number of hydrogen-bond donors (Lipinski definition) is 3. The predicted molar refractivity (Wildman–Crippen MR) is 70.4 cm³/mol. The van der Waals surface area contributed by atoms with E-state index in [9.17, 15) is 19.2 Å². The molecule has 8 heteroatoms. The molecule has 8 nitrogen and oxygen atoms in total. The number of nitrogens with zero attached hydrogens (tertiary/aromatic N) is 1. The molecule has 0 atom stereocenters. The standard InChI is InChI=1S/C12H17N3O5/c1-12(2,5-3-10(18)19)14-9(17)7-15-6-4-8(16)13-11(15)20/h4,6H,3,5,7H2,1-2H3,(H,14,17)(H,18,19)(H,13,16,20). The molecular weight excluding hydrogens is 266 g/mol. The van der Waals surface area contributed by atoms with Crippen LogP contribution < -0.4 is 16.6 Å². The number of rotatable bonds is 6. The van der Waals surface area contributed by atoms with Crippen molar-refractivity contribution in [3.8, 4) is 0 Å². The Kier molecular flexibility index (Phi) is 4.84. The summed E-state index contributed by atoms with van der Waals surface area (Å²) in [6, 6.07) is 1.14. The van der Waals surface area contributed by atoms with Gasteiger partial charge in [-0.3, -0.25) is 23.9 Å². The lowest BCUT2D eigenvalue weighted by Gasteiger charge is -2.25. The number of carbonyl (C=O) groups excluding carboxylic acids is 1. The summed E-state index contributed by atoms with van der Waals surface area (Å²) in [6.07, 6.45) is 1.44. The average Bonchev–Trinajstić information content (AvgIpc) is 2.30. The first kappa shape index (κ1) is 15.7. The lowest BCUT2D eigenvalue weighted by atomic mass is 9.98. The smallest absolute Gasteiger partial charge is 0.328 e. The van der Waals surface area contributed by atoms with E-state index in [0.29, 0.717) is 0 Å². The van der Waals surface area contributed by atoms with Gasteiger partial charge in [-0.2, -0.15) is 0 Å². The quantitative estimate of drug-likeness (QED) is 0.637. The highest BCUT2D eigenvalue weighted by molar-refractivity contribution is 5.76. The fraction of sp³-hybridized carbons (Fsp3) is 0.500. The first-order valence-electron chi connectivity index (χ1n) is 6.02. The Hall–Kier alpha value is -2.38. The zero-order valence-electron chi connectivity index (χ0n) is 11.3. The number of H-pyrrole nitrogens is 1. The molecule has 0 spiro atoms. The number of carbonyl (C=O) groups is 2. The second kappa shape index (κ2) is 6.18. The third-order valence-electron chi connectivity index (χ3n) is 2.65. The molecule has 0 fully saturated rings. The van der Waals surface area contributed by atoms with Crippen LogP contribution in [0.5, 0.6) is 0 Å². The minimum Gasteiger partial charge on any atom is -0.481 e. The molecule has 0 aliphatic rings. The highest BCUT2D eigenvalue weighted by Gasteiger charge is 2.21. The van der Waals surface area contributed by atoms with Crippen LogP contribution >= 0.6 is 0 Å². The van der Waals surface area contributed by atoms with Crippen molar-refractivity contribution in [1.29, 1.82) is 0 Å². The minimum atomic E-state index is -0.941. The summed E-state index contributed by atoms with van der Waals surface area (Å²) in [5.74, 6) is -1.38. The largest absolute Gasteiger partial charge is 0.481 e. The lowest BCUT2D eigenvalue weighted by Crippen LogP contribution is -2.46. The van der Waals surface area contributed by atoms with Crippen LogP contribution in [0.3, 0.4) is 0 Å². The van der Waals surface area contributed by atoms with Gasteiger partial charge in [-0.05, 0) is 20.3 Å². The first-order valence-corrected chi connectivity index (χ1v) is 6.02. The zero-order valence-corrected chi connectivity index (χ0v) is 11.3. The van der Waals surface area contributed by atoms with Crippen LogP contribution in [-0.2, 0) is 16.1 Å². The molecular formula is C12H17N3O5. The summed E-state index contributed by atoms with van der Waals surface area (Å²) in [4.78, 5) is 46.6. The van der Waals surface area contributed by atoms with Crippen LogP contribution in [0.25, 0.3) is 0 Å². The maximum Gasteiger partial charge on any atom is 0.328 e. The van der Waals surface area contributed by atoms with E-state index < -0.39 is 28.7 Å². The Morgan fingerprint density at radius 3 is 2.60 bits per heavy atom. The maximum atomic E-state index is 11.8. The van der Waals surface area contributed by atoms with Gasteiger partial charge in [-0.1, -0.05) is 0 Å². The number of aliphatic carboxylic acids is 1. The topological polar surface area (TPSA) is 121 Å². The van der Waals surface area contributed by atoms with Gasteiger partial charge in [0.25, 0.3) is 5.56 Å². The molecule has 1 heterocycles. The second-order valence-electron chi connectivity index (χ2n) is 5.06. The molecule has 0 unspecified atom stereocenters. The zero-order chi connectivity index (χ0) is 15.3. The highest BCUT2D eigenvalue weighted by atomic mass is 16.4. The normalized spacial score (nSPS) is 11.1. The van der Waals surface area contributed by atoms with Gasteiger partial charge in [0.1, 0.15) is 6.54 Å². The van der Waals surface area contributed by atoms with E-state index in [1.165, 1.54) is 6.20 Å². The number of hydrogen-bond acceptors (Lipinski definition) is 4. The fourth-order valence-corrected chi connectivity index (χ4v) is 1.62. The van der Waals surface area contributed by atoms with E-state index in [-0.39, 0.29) is 19.4 Å². The lowest BCUT2D eigenvalue weighted by molar-refractivity contribution is -0.137. The number of carboxylic acids is 1. The second-order valence-corrected chi connectivity index (χ2v) is 5.06. The van der Waals surface area contributed by atoms with Gasteiger partial charge in [0.05, 0.1) is 0 Å². The Balaban J connectivity index is 2.65. The molecule has 0 aliphatic heterocycles. The van der Waals surface area contributed by atoms with Gasteiger partial charge in [-0.15, -0.1) is 0 Å². The predicted octanol–water partition coefficient (Wildman–Crippen LogP) is -0.704. The van der Waals surface area contributed by atoms with Crippen molar-refractivity contribution in [2.24, 2.45) is 0 Å². The number of nitrogens with one attached hydrogen (secondary N) is 2. The Labute approximate surface area is 114 Å². The van der Waals surface area contributed by atoms with E-state index in [4.69, 9.17) is 5.11 Å². The number of carboxylic acid groups (broad SMARTS) is 1. The van der Waals surface area contributed by atoms with Crippen molar-refractivity contribution < 1.29 is 14.7 Å². The average molecular weight is 283 g/mol. The fourth-order valence-electron chi connectivity index (χ4n) is 1.62. The van der Waals surface area contributed by atoms with E-state index in [1.54, 1.807) is 13.8 Å². The molecule has 3 N–H and O–H groups in total. The summed E-state index contributed by atoms with van der Waals surface area (Å²) in [7, 11) is 0. The van der Waals surface area contributed by atoms with Crippen LogP contribution in [-0.4, -0.2) is 32.1 Å². The van der Waals surface area contributed by atoms with Crippen LogP contribution in [0.1, 0.15) is 26.7 Å². The summed E-state index contributed by atoms with van der Waals surface area (Å²) >= 11 is 0. The maximum absolute atomic E-state index is 11.8. The van der Waals surface area contributed by atoms with E-state index in [0.717, 1.165) is 10.6 Å². The molecule has 1 rings (SSSR count). The number of aromatic nitrogens is 2. The SMILES string of the molecule is CC(C)(CCC(=O)O)NC(=O)Cn1ccc(=O)[nH]c1=O. The van der Waals surface area contributed by atoms with Crippen LogP contribution in [0, 0.1) is 0 Å². The van der Waals surface area contributed by atoms with Gasteiger partial charge >= 0.3 is 11.7 Å². The molecule has 0 saturated carbocycles. The minimum absolute atomic E-state index is 0.0636. The molecule has 110 valence electrons. The Bertz CT molecular complexity index is 614. The molecule has 0 aromatic carbocycles. The Morgan fingerprint density at radius 2 is 2.05 bits per heavy atom. The van der Waals surface area contributed by atoms with Gasteiger partial charge in [-0.25, -0.2) is 4.79 Å². The van der Waals surface area contributed by atoms with E-state index >= 15 is 0 Å². The summed E-state index contributed by atoms with van der Waals surface area (Å²) < 4.78 is 1.06. The molecule has 1 amide bonds. The molecule has 1 aromatic rings. The van der Waals surface area contributed by atoms with Crippen molar-refractivity contribution in [3.05, 3.63) is 33.1 Å². The van der Waals surface area contributed by atoms with Gasteiger partial charge < -0.3 is 10.4 Å². The van der Waals surface area contributed by atoms with E-state index in [1.807, 2.05) is 4.98 Å². The van der Waals surface area contributed by atoms with Crippen LogP contribution in [0.4, 0.5) is 0 Å². The molecule has 0 aliphatic carbocycles. The summed E-state index contributed by atoms with van der Waals surface area (Å²) in [6.45, 7) is 3.15. The number of amides is 1. The molecule has 0 bridgehead atoms. The molecule has 1 aromatic heterocycles. The highest BCUT2D eigenvalue weighted by Crippen LogP contribution is 2.10. The summed E-state index contributed by atoms with van der Waals surface area (Å²) in [5.41, 5.74) is -1.90. The van der Waals surface area contributed by atoms with Crippen LogP contribution in [0.15, 0.2) is 21.9 Å². The van der Waals surface area contributed by atoms with Crippen molar-refractivity contribution in [2.45, 2.75) is 38.8 Å². The van der Waals surface area contributed by atoms with Crippen LogP contribution in [0.2, 0.25) is 0 Å². The molecule has 0 radical (unpaired) electrons. The van der Waals surface area contributed by atoms with Crippen molar-refractivity contribution in [2.75, 3.05) is 0 Å². The Morgan fingerprint density at radius 1 is 1.40 bits per heavy atom. The van der Waals surface area contributed by atoms with Gasteiger partial charge in [0.2, 0.25) is 5.91 Å². The third-order valence-corrected chi connectivity index (χ3v) is 2.65. The van der Waals surface area contributed by atoms with E-state index in [2.05, 4.69) is 5.32 Å². The van der Waals surface area contributed by atoms with Gasteiger partial charge in [0, 0.05) is 24.2 Å². The van der Waals surface area contributed by atoms with Crippen molar-refractivity contribution in [3.63, 3.8) is 0 Å². The molecule has 20 heavy (non-hydrogen) atoms. The molecule has 0 saturated heterocycles. The first-order chi connectivity index (χ1) is 9.19. The van der Waals surface area contributed by atoms with Crippen molar-refractivity contribution >= 4 is 11.9 Å².